The monoisotopic (exact) mass is 329 g/mol. The predicted octanol–water partition coefficient (Wildman–Crippen LogP) is 3.21. The molecule has 0 bridgehead atoms. The number of nitrogens with zero attached hydrogens (tertiary/aromatic N) is 1. The van der Waals surface area contributed by atoms with E-state index in [4.69, 9.17) is 20.2 Å². The Morgan fingerprint density at radius 1 is 1.29 bits per heavy atom. The van der Waals surface area contributed by atoms with Crippen LogP contribution >= 0.6 is 11.6 Å². The number of hydrogen-bond acceptors (Lipinski definition) is 5. The van der Waals surface area contributed by atoms with E-state index in [-0.39, 0.29) is 12.4 Å². The fourth-order valence-electron chi connectivity index (χ4n) is 1.72. The van der Waals surface area contributed by atoms with Crippen LogP contribution in [0.1, 0.15) is 18.4 Å². The second-order valence-corrected chi connectivity index (χ2v) is 6.81. The highest BCUT2D eigenvalue weighted by Gasteiger charge is 2.13. The average molecular weight is 330 g/mol. The lowest BCUT2D eigenvalue weighted by Gasteiger charge is -2.01. The van der Waals surface area contributed by atoms with E-state index in [1.165, 1.54) is 6.92 Å². The molecule has 0 aliphatic heterocycles. The van der Waals surface area contributed by atoms with Gasteiger partial charge in [-0.2, -0.15) is 8.42 Å². The zero-order chi connectivity index (χ0) is 15.5. The van der Waals surface area contributed by atoms with Gasteiger partial charge in [0.15, 0.2) is 0 Å². The maximum atomic E-state index is 11.3. The van der Waals surface area contributed by atoms with Crippen molar-refractivity contribution >= 4 is 21.7 Å². The zero-order valence-electron chi connectivity index (χ0n) is 11.8. The first kappa shape index (κ1) is 16.0. The van der Waals surface area contributed by atoms with Crippen molar-refractivity contribution in [2.45, 2.75) is 20.3 Å². The maximum Gasteiger partial charge on any atom is 0.267 e. The van der Waals surface area contributed by atoms with Gasteiger partial charge in [0.2, 0.25) is 5.89 Å². The van der Waals surface area contributed by atoms with Crippen molar-refractivity contribution < 1.29 is 17.0 Å². The van der Waals surface area contributed by atoms with Crippen LogP contribution in [0.25, 0.3) is 11.5 Å². The normalized spacial score (nSPS) is 11.8. The molecular weight excluding hydrogens is 314 g/mol. The summed E-state index contributed by atoms with van der Waals surface area (Å²) >= 11 is 5.84. The molecule has 0 amide bonds. The molecule has 0 fully saturated rings. The lowest BCUT2D eigenvalue weighted by Crippen LogP contribution is -2.11. The predicted molar refractivity (Wildman–Crippen MR) is 80.8 cm³/mol. The van der Waals surface area contributed by atoms with Crippen molar-refractivity contribution in [3.63, 3.8) is 0 Å². The van der Waals surface area contributed by atoms with Crippen molar-refractivity contribution in [1.29, 1.82) is 0 Å². The van der Waals surface area contributed by atoms with Crippen LogP contribution in [0.15, 0.2) is 28.7 Å². The van der Waals surface area contributed by atoms with Crippen LogP contribution in [-0.4, -0.2) is 25.8 Å². The molecule has 21 heavy (non-hydrogen) atoms. The highest BCUT2D eigenvalue weighted by Crippen LogP contribution is 2.23. The van der Waals surface area contributed by atoms with E-state index in [0.717, 1.165) is 5.56 Å². The highest BCUT2D eigenvalue weighted by molar-refractivity contribution is 7.86. The molecule has 0 unspecified atom stereocenters. The molecule has 0 N–H and O–H groups in total. The van der Waals surface area contributed by atoms with Crippen LogP contribution < -0.4 is 0 Å². The second kappa shape index (κ2) is 6.60. The van der Waals surface area contributed by atoms with Gasteiger partial charge >= 0.3 is 0 Å². The number of benzene rings is 1. The topological polar surface area (TPSA) is 69.4 Å². The molecule has 2 rings (SSSR count). The first-order chi connectivity index (χ1) is 9.91. The van der Waals surface area contributed by atoms with E-state index in [2.05, 4.69) is 4.98 Å². The molecule has 1 heterocycles. The van der Waals surface area contributed by atoms with Gasteiger partial charge in [-0.3, -0.25) is 4.18 Å². The van der Waals surface area contributed by atoms with E-state index in [1.807, 2.05) is 12.1 Å². The van der Waals surface area contributed by atoms with Crippen molar-refractivity contribution in [2.24, 2.45) is 0 Å². The summed E-state index contributed by atoms with van der Waals surface area (Å²) in [6.07, 6.45) is 0.377. The summed E-state index contributed by atoms with van der Waals surface area (Å²) in [6, 6.07) is 7.14. The summed E-state index contributed by atoms with van der Waals surface area (Å²) in [5, 5.41) is 0.639. The molecule has 0 radical (unpaired) electrons. The van der Waals surface area contributed by atoms with Gasteiger partial charge in [0.25, 0.3) is 10.1 Å². The van der Waals surface area contributed by atoms with Gasteiger partial charge < -0.3 is 4.42 Å². The van der Waals surface area contributed by atoms with Gasteiger partial charge in [-0.05, 0) is 38.1 Å². The Morgan fingerprint density at radius 2 is 1.95 bits per heavy atom. The Labute approximate surface area is 129 Å². The lowest BCUT2D eigenvalue weighted by molar-refractivity contribution is 0.321. The molecule has 0 aliphatic carbocycles. The molecule has 5 nitrogen and oxygen atoms in total. The van der Waals surface area contributed by atoms with Gasteiger partial charge in [-0.1, -0.05) is 11.6 Å². The van der Waals surface area contributed by atoms with E-state index >= 15 is 0 Å². The standard InChI is InChI=1S/C14H16ClNO4S/c1-3-21(17,18)19-9-8-13-10(2)20-14(16-13)11-4-6-12(15)7-5-11/h4-7H,3,8-9H2,1-2H3. The molecule has 1 aromatic carbocycles. The third-order valence-corrected chi connectivity index (χ3v) is 4.42. The SMILES string of the molecule is CCS(=O)(=O)OCCc1nc(-c2ccc(Cl)cc2)oc1C. The minimum absolute atomic E-state index is 0.0409. The minimum Gasteiger partial charge on any atom is -0.441 e. The summed E-state index contributed by atoms with van der Waals surface area (Å²) in [5.74, 6) is 1.09. The van der Waals surface area contributed by atoms with E-state index in [9.17, 15) is 8.42 Å². The van der Waals surface area contributed by atoms with Gasteiger partial charge in [0, 0.05) is 17.0 Å². The molecule has 0 spiro atoms. The van der Waals surface area contributed by atoms with Crippen molar-refractivity contribution in [2.75, 3.05) is 12.4 Å². The smallest absolute Gasteiger partial charge is 0.267 e. The van der Waals surface area contributed by atoms with Gasteiger partial charge in [-0.25, -0.2) is 4.98 Å². The molecule has 0 saturated heterocycles. The Morgan fingerprint density at radius 3 is 2.57 bits per heavy atom. The van der Waals surface area contributed by atoms with Crippen LogP contribution in [0.4, 0.5) is 0 Å². The van der Waals surface area contributed by atoms with Crippen molar-refractivity contribution in [1.82, 2.24) is 4.98 Å². The first-order valence-corrected chi connectivity index (χ1v) is 8.46. The molecule has 0 aliphatic rings. The van der Waals surface area contributed by atoms with Crippen LogP contribution in [0.5, 0.6) is 0 Å². The number of aromatic nitrogens is 1. The Balaban J connectivity index is 2.07. The number of halogens is 1. The first-order valence-electron chi connectivity index (χ1n) is 6.50. The molecule has 7 heteroatoms. The van der Waals surface area contributed by atoms with Crippen LogP contribution in [0.2, 0.25) is 5.02 Å². The summed E-state index contributed by atoms with van der Waals surface area (Å²) in [6.45, 7) is 3.38. The fraction of sp³-hybridized carbons (Fsp3) is 0.357. The Bertz CT molecular complexity index is 707. The molecule has 114 valence electrons. The second-order valence-electron chi connectivity index (χ2n) is 4.45. The lowest BCUT2D eigenvalue weighted by atomic mass is 10.2. The van der Waals surface area contributed by atoms with Crippen LogP contribution in [0, 0.1) is 6.92 Å². The third-order valence-electron chi connectivity index (χ3n) is 2.94. The number of rotatable bonds is 6. The Hall–Kier alpha value is -1.37. The number of hydrogen-bond donors (Lipinski definition) is 0. The van der Waals surface area contributed by atoms with E-state index < -0.39 is 10.1 Å². The largest absolute Gasteiger partial charge is 0.441 e. The van der Waals surface area contributed by atoms with Gasteiger partial charge in [-0.15, -0.1) is 0 Å². The minimum atomic E-state index is -3.43. The summed E-state index contributed by atoms with van der Waals surface area (Å²) in [4.78, 5) is 4.37. The van der Waals surface area contributed by atoms with Crippen molar-refractivity contribution in [3.05, 3.63) is 40.7 Å². The van der Waals surface area contributed by atoms with Crippen LogP contribution in [-0.2, 0) is 20.7 Å². The highest BCUT2D eigenvalue weighted by atomic mass is 35.5. The molecule has 1 aromatic heterocycles. The zero-order valence-corrected chi connectivity index (χ0v) is 13.4. The summed E-state index contributed by atoms with van der Waals surface area (Å²) < 4.78 is 32.9. The Kier molecular flexibility index (Phi) is 5.03. The molecule has 2 aromatic rings. The van der Waals surface area contributed by atoms with Gasteiger partial charge in [0.1, 0.15) is 5.76 Å². The third kappa shape index (κ3) is 4.30. The molecule has 0 atom stereocenters. The quantitative estimate of drug-likeness (QED) is 0.761. The number of oxazole rings is 1. The molecule has 0 saturated carbocycles. The van der Waals surface area contributed by atoms with Crippen molar-refractivity contribution in [3.8, 4) is 11.5 Å². The van der Waals surface area contributed by atoms with E-state index in [0.29, 0.717) is 28.8 Å². The fourth-order valence-corrected chi connectivity index (χ4v) is 2.35. The summed E-state index contributed by atoms with van der Waals surface area (Å²) in [7, 11) is -3.43. The molecular formula is C14H16ClNO4S. The average Bonchev–Trinajstić information content (AvgIpc) is 2.81. The van der Waals surface area contributed by atoms with Crippen LogP contribution in [0.3, 0.4) is 0 Å². The maximum absolute atomic E-state index is 11.3. The summed E-state index contributed by atoms with van der Waals surface area (Å²) in [5.41, 5.74) is 1.50. The number of aryl methyl sites for hydroxylation is 1. The van der Waals surface area contributed by atoms with Gasteiger partial charge in [0.05, 0.1) is 18.1 Å². The van der Waals surface area contributed by atoms with E-state index in [1.54, 1.807) is 19.1 Å².